The van der Waals surface area contributed by atoms with Crippen molar-refractivity contribution in [3.63, 3.8) is 0 Å². The van der Waals surface area contributed by atoms with Crippen molar-refractivity contribution in [3.8, 4) is 5.75 Å². The average molecular weight is 637 g/mol. The first-order chi connectivity index (χ1) is 20.9. The second kappa shape index (κ2) is 30.1. The van der Waals surface area contributed by atoms with Crippen molar-refractivity contribution in [2.24, 2.45) is 0 Å². The number of rotatable bonds is 27. The van der Waals surface area contributed by atoms with Crippen molar-refractivity contribution in [3.05, 3.63) is 29.3 Å². The van der Waals surface area contributed by atoms with E-state index in [0.717, 1.165) is 0 Å². The number of carbonyl (C=O) groups is 1. The molecule has 0 radical (unpaired) electrons. The zero-order valence-electron chi connectivity index (χ0n) is 24.8. The Morgan fingerprint density at radius 1 is 0.558 bits per heavy atom. The first-order valence-electron chi connectivity index (χ1n) is 13.6. The second-order valence-electron chi connectivity index (χ2n) is 8.02. The van der Waals surface area contributed by atoms with E-state index in [1.807, 2.05) is 0 Å². The molecule has 0 aliphatic rings. The van der Waals surface area contributed by atoms with Crippen molar-refractivity contribution in [2.75, 3.05) is 127 Å². The van der Waals surface area contributed by atoms with E-state index >= 15 is 0 Å². The molecule has 1 rings (SSSR count). The van der Waals surface area contributed by atoms with E-state index in [1.54, 1.807) is 7.11 Å². The van der Waals surface area contributed by atoms with Crippen LogP contribution in [0.3, 0.4) is 0 Å². The Morgan fingerprint density at radius 3 is 1.23 bits per heavy atom. The topological polar surface area (TPSA) is 130 Å². The van der Waals surface area contributed by atoms with Gasteiger partial charge in [-0.1, -0.05) is 0 Å². The third-order valence-electron chi connectivity index (χ3n) is 4.70. The number of hydrogen-bond donors (Lipinski definition) is 1. The van der Waals surface area contributed by atoms with Gasteiger partial charge in [0.2, 0.25) is 17.4 Å². The Labute approximate surface area is 249 Å². The first-order valence-corrected chi connectivity index (χ1v) is 13.6. The highest BCUT2D eigenvalue weighted by molar-refractivity contribution is 5.72. The summed E-state index contributed by atoms with van der Waals surface area (Å²) in [6.45, 7) is 7.36. The smallest absolute Gasteiger partial charge is 0.313 e. The van der Waals surface area contributed by atoms with Crippen LogP contribution >= 0.6 is 0 Å². The summed E-state index contributed by atoms with van der Waals surface area (Å²) >= 11 is 0. The number of aliphatic hydroxyl groups is 1. The molecule has 0 aliphatic heterocycles. The van der Waals surface area contributed by atoms with Crippen LogP contribution in [0.5, 0.6) is 5.75 Å². The van der Waals surface area contributed by atoms with E-state index in [-0.39, 0.29) is 32.3 Å². The minimum absolute atomic E-state index is 0.0237. The molecule has 0 saturated carbocycles. The number of carbonyl (C=O) groups excluding carboxylic acids is 1. The predicted molar refractivity (Wildman–Crippen MR) is 143 cm³/mol. The van der Waals surface area contributed by atoms with Crippen molar-refractivity contribution >= 4 is 5.97 Å². The van der Waals surface area contributed by atoms with Crippen LogP contribution in [0, 0.1) is 23.3 Å². The second-order valence-corrected chi connectivity index (χ2v) is 8.02. The van der Waals surface area contributed by atoms with Gasteiger partial charge in [-0.05, 0) is 0 Å². The van der Waals surface area contributed by atoms with Gasteiger partial charge in [0.1, 0.15) is 0 Å². The molecule has 0 bridgehead atoms. The van der Waals surface area contributed by atoms with Gasteiger partial charge in [0, 0.05) is 20.3 Å². The Hall–Kier alpha value is -1.99. The van der Waals surface area contributed by atoms with E-state index in [1.165, 1.54) is 7.11 Å². The minimum Gasteiger partial charge on any atom is -0.420 e. The van der Waals surface area contributed by atoms with Gasteiger partial charge >= 0.3 is 5.97 Å². The van der Waals surface area contributed by atoms with E-state index in [4.69, 9.17) is 43.0 Å². The summed E-state index contributed by atoms with van der Waals surface area (Å²) in [6, 6.07) is 0.0237. The normalized spacial score (nSPS) is 11.0. The number of aliphatic hydroxyl groups excluding tert-OH is 1. The lowest BCUT2D eigenvalue weighted by molar-refractivity contribution is -0.136. The zero-order chi connectivity index (χ0) is 32.0. The Morgan fingerprint density at radius 2 is 0.884 bits per heavy atom. The molecule has 0 atom stereocenters. The molecule has 16 heteroatoms. The average Bonchev–Trinajstić information content (AvgIpc) is 2.99. The van der Waals surface area contributed by atoms with E-state index in [2.05, 4.69) is 9.47 Å². The maximum Gasteiger partial charge on any atom is 0.313 e. The van der Waals surface area contributed by atoms with Crippen LogP contribution in [0.25, 0.3) is 0 Å². The summed E-state index contributed by atoms with van der Waals surface area (Å²) in [7, 11) is 3.10. The molecule has 1 aromatic rings. The fourth-order valence-corrected chi connectivity index (χ4v) is 2.61. The summed E-state index contributed by atoms with van der Waals surface area (Å²) in [5.74, 6) is -9.31. The van der Waals surface area contributed by atoms with Crippen LogP contribution < -0.4 is 4.74 Å². The molecule has 0 heterocycles. The lowest BCUT2D eigenvalue weighted by atomic mass is 10.3. The molecule has 0 spiro atoms. The third-order valence-corrected chi connectivity index (χ3v) is 4.70. The van der Waals surface area contributed by atoms with Crippen molar-refractivity contribution < 1.29 is 74.8 Å². The molecule has 0 fully saturated rings. The molecular formula is C27H44F4O12. The minimum atomic E-state index is -1.77. The molecule has 0 aromatic heterocycles. The van der Waals surface area contributed by atoms with Crippen LogP contribution in [0.2, 0.25) is 0 Å². The molecule has 1 N–H and O–H groups in total. The van der Waals surface area contributed by atoms with Crippen molar-refractivity contribution in [2.45, 2.75) is 6.42 Å². The highest BCUT2D eigenvalue weighted by Crippen LogP contribution is 2.26. The summed E-state index contributed by atoms with van der Waals surface area (Å²) in [5.41, 5.74) is 0. The van der Waals surface area contributed by atoms with Gasteiger partial charge in [0.05, 0.1) is 119 Å². The molecule has 12 nitrogen and oxygen atoms in total. The molecular weight excluding hydrogens is 592 g/mol. The molecule has 43 heavy (non-hydrogen) atoms. The largest absolute Gasteiger partial charge is 0.420 e. The third kappa shape index (κ3) is 24.1. The van der Waals surface area contributed by atoms with Gasteiger partial charge in [-0.15, -0.1) is 0 Å². The van der Waals surface area contributed by atoms with Crippen LogP contribution in [0.15, 0.2) is 6.07 Å². The van der Waals surface area contributed by atoms with Gasteiger partial charge in [-0.2, -0.15) is 8.78 Å². The van der Waals surface area contributed by atoms with Gasteiger partial charge in [0.25, 0.3) is 0 Å². The van der Waals surface area contributed by atoms with E-state index in [9.17, 15) is 22.4 Å². The monoisotopic (exact) mass is 636 g/mol. The Kier molecular flexibility index (Phi) is 28.7. The van der Waals surface area contributed by atoms with Crippen LogP contribution in [-0.2, 0) is 47.4 Å². The first kappa shape index (κ1) is 41.0. The molecule has 0 saturated heterocycles. The van der Waals surface area contributed by atoms with Gasteiger partial charge < -0.3 is 52.5 Å². The highest BCUT2D eigenvalue weighted by atomic mass is 19.2. The van der Waals surface area contributed by atoms with Crippen LogP contribution in [0.4, 0.5) is 17.6 Å². The standard InChI is InChI=1S/C15H32O8.C12H12F4O4/c1-17-4-5-19-8-9-21-12-13-23-15-14-22-11-10-20-7-6-18-3-2-16;1-18-4-5-19-3-2-9(17)20-12-10(15)7(13)6-8(14)11(12)16/h16H,2-15H2,1H3;6H,2-5H2,1H3. The van der Waals surface area contributed by atoms with Gasteiger partial charge in [-0.3, -0.25) is 4.79 Å². The summed E-state index contributed by atoms with van der Waals surface area (Å²) in [5, 5.41) is 8.49. The number of methoxy groups -OCH3 is 2. The van der Waals surface area contributed by atoms with Crippen molar-refractivity contribution in [1.82, 2.24) is 0 Å². The number of ether oxygens (including phenoxy) is 10. The number of benzene rings is 1. The lowest BCUT2D eigenvalue weighted by Gasteiger charge is -2.08. The number of hydrogen-bond acceptors (Lipinski definition) is 12. The van der Waals surface area contributed by atoms with Gasteiger partial charge in [0.15, 0.2) is 11.6 Å². The highest BCUT2D eigenvalue weighted by Gasteiger charge is 2.22. The molecule has 0 aliphatic carbocycles. The quantitative estimate of drug-likeness (QED) is 0.0498. The molecule has 1 aromatic carbocycles. The molecule has 252 valence electrons. The fraction of sp³-hybridized carbons (Fsp3) is 0.741. The molecule has 0 unspecified atom stereocenters. The fourth-order valence-electron chi connectivity index (χ4n) is 2.61. The Bertz CT molecular complexity index is 761. The number of esters is 1. The predicted octanol–water partition coefficient (Wildman–Crippen LogP) is 1.93. The summed E-state index contributed by atoms with van der Waals surface area (Å²) in [4.78, 5) is 11.3. The van der Waals surface area contributed by atoms with Gasteiger partial charge in [-0.25, -0.2) is 8.78 Å². The van der Waals surface area contributed by atoms with Crippen LogP contribution in [0.1, 0.15) is 6.42 Å². The SMILES string of the molecule is COCCOCCC(=O)Oc1c(F)c(F)cc(F)c1F.COCCOCCOCCOCCOCCOCCOCCO. The summed E-state index contributed by atoms with van der Waals surface area (Å²) in [6.07, 6.45) is -0.333. The lowest BCUT2D eigenvalue weighted by Crippen LogP contribution is -2.15. The maximum atomic E-state index is 13.2. The van der Waals surface area contributed by atoms with E-state index < -0.39 is 35.0 Å². The Balaban J connectivity index is 0.000000827. The van der Waals surface area contributed by atoms with Crippen molar-refractivity contribution in [1.29, 1.82) is 0 Å². The number of halogens is 4. The molecule has 0 amide bonds. The zero-order valence-corrected chi connectivity index (χ0v) is 24.8. The van der Waals surface area contributed by atoms with E-state index in [0.29, 0.717) is 92.5 Å². The summed E-state index contributed by atoms with van der Waals surface area (Å²) < 4.78 is 102. The van der Waals surface area contributed by atoms with Crippen LogP contribution in [-0.4, -0.2) is 138 Å². The maximum absolute atomic E-state index is 13.2.